The highest BCUT2D eigenvalue weighted by atomic mass is 35.5. The molecule has 0 unspecified atom stereocenters. The van der Waals surface area contributed by atoms with Gasteiger partial charge in [0.2, 0.25) is 10.0 Å². The second kappa shape index (κ2) is 11.1. The van der Waals surface area contributed by atoms with Gasteiger partial charge in [0.05, 0.1) is 27.7 Å². The number of nitrogens with zero attached hydrogens (tertiary/aromatic N) is 2. The number of sulfonamides is 1. The number of hydrogen-bond acceptors (Lipinski definition) is 4. The molecular weight excluding hydrogens is 505 g/mol. The molecule has 0 aliphatic rings. The van der Waals surface area contributed by atoms with Gasteiger partial charge in [-0.05, 0) is 54.4 Å². The average Bonchev–Trinajstić information content (AvgIpc) is 2.77. The van der Waals surface area contributed by atoms with E-state index in [4.69, 9.17) is 34.8 Å². The Morgan fingerprint density at radius 2 is 1.64 bits per heavy atom. The zero-order valence-electron chi connectivity index (χ0n) is 17.5. The number of amides is 1. The first-order valence-corrected chi connectivity index (χ1v) is 12.3. The number of nitrogens with one attached hydrogen (secondary N) is 1. The molecule has 0 aliphatic heterocycles. The van der Waals surface area contributed by atoms with E-state index in [-0.39, 0.29) is 11.4 Å². The molecule has 0 heterocycles. The highest BCUT2D eigenvalue weighted by Crippen LogP contribution is 2.22. The topological polar surface area (TPSA) is 78.8 Å². The Morgan fingerprint density at radius 1 is 0.970 bits per heavy atom. The van der Waals surface area contributed by atoms with E-state index in [9.17, 15) is 13.2 Å². The van der Waals surface area contributed by atoms with Crippen LogP contribution in [-0.2, 0) is 21.4 Å². The Morgan fingerprint density at radius 3 is 2.27 bits per heavy atom. The van der Waals surface area contributed by atoms with E-state index in [0.29, 0.717) is 20.6 Å². The van der Waals surface area contributed by atoms with Crippen molar-refractivity contribution in [3.63, 3.8) is 0 Å². The Hall–Kier alpha value is -2.42. The lowest BCUT2D eigenvalue weighted by Gasteiger charge is -2.21. The number of carbonyl (C=O) groups is 1. The van der Waals surface area contributed by atoms with Gasteiger partial charge in [0.25, 0.3) is 5.91 Å². The molecule has 0 aromatic heterocycles. The highest BCUT2D eigenvalue weighted by molar-refractivity contribution is 7.89. The van der Waals surface area contributed by atoms with E-state index < -0.39 is 22.5 Å². The van der Waals surface area contributed by atoms with Crippen molar-refractivity contribution in [2.45, 2.75) is 18.4 Å². The van der Waals surface area contributed by atoms with Gasteiger partial charge in [-0.1, -0.05) is 70.7 Å². The van der Waals surface area contributed by atoms with Crippen LogP contribution in [0.15, 0.2) is 76.7 Å². The molecule has 0 radical (unpaired) electrons. The molecule has 0 saturated heterocycles. The van der Waals surface area contributed by atoms with Gasteiger partial charge in [-0.15, -0.1) is 0 Å². The minimum atomic E-state index is -3.98. The zero-order valence-corrected chi connectivity index (χ0v) is 20.6. The fourth-order valence-corrected chi connectivity index (χ4v) is 4.66. The quantitative estimate of drug-likeness (QED) is 0.321. The molecule has 172 valence electrons. The first kappa shape index (κ1) is 25.2. The summed E-state index contributed by atoms with van der Waals surface area (Å²) in [7, 11) is -3.98. The van der Waals surface area contributed by atoms with Crippen LogP contribution < -0.4 is 5.43 Å². The van der Waals surface area contributed by atoms with Crippen LogP contribution in [0.25, 0.3) is 0 Å². The third-order valence-corrected chi connectivity index (χ3v) is 7.39. The van der Waals surface area contributed by atoms with Gasteiger partial charge >= 0.3 is 0 Å². The van der Waals surface area contributed by atoms with E-state index in [0.717, 1.165) is 15.4 Å². The van der Waals surface area contributed by atoms with Crippen LogP contribution in [0.5, 0.6) is 0 Å². The van der Waals surface area contributed by atoms with Crippen molar-refractivity contribution >= 4 is 56.9 Å². The maximum Gasteiger partial charge on any atom is 0.255 e. The smallest absolute Gasteiger partial charge is 0.255 e. The number of benzene rings is 3. The molecule has 0 atom stereocenters. The van der Waals surface area contributed by atoms with Crippen LogP contribution in [0.2, 0.25) is 15.1 Å². The minimum Gasteiger partial charge on any atom is -0.272 e. The molecule has 10 heteroatoms. The zero-order chi connectivity index (χ0) is 24.0. The van der Waals surface area contributed by atoms with Crippen molar-refractivity contribution in [2.75, 3.05) is 6.54 Å². The first-order chi connectivity index (χ1) is 15.6. The fourth-order valence-electron chi connectivity index (χ4n) is 2.85. The largest absolute Gasteiger partial charge is 0.272 e. The molecule has 0 bridgehead atoms. The number of aryl methyl sites for hydroxylation is 1. The number of rotatable bonds is 8. The fraction of sp³-hybridized carbons (Fsp3) is 0.130. The van der Waals surface area contributed by atoms with Gasteiger partial charge in [-0.25, -0.2) is 13.8 Å². The van der Waals surface area contributed by atoms with E-state index in [2.05, 4.69) is 10.5 Å². The molecule has 1 N–H and O–H groups in total. The Bertz CT molecular complexity index is 1260. The molecule has 6 nitrogen and oxygen atoms in total. The normalized spacial score (nSPS) is 11.8. The van der Waals surface area contributed by atoms with Crippen molar-refractivity contribution in [1.29, 1.82) is 0 Å². The number of hydrazone groups is 1. The molecule has 1 amide bonds. The second-order valence-corrected chi connectivity index (χ2v) is 10.4. The van der Waals surface area contributed by atoms with Gasteiger partial charge in [-0.2, -0.15) is 9.41 Å². The average molecular weight is 525 g/mol. The monoisotopic (exact) mass is 523 g/mol. The predicted molar refractivity (Wildman–Crippen MR) is 132 cm³/mol. The molecule has 3 aromatic rings. The molecule has 0 saturated carbocycles. The van der Waals surface area contributed by atoms with Crippen molar-refractivity contribution < 1.29 is 13.2 Å². The number of carbonyl (C=O) groups excluding carboxylic acids is 1. The third kappa shape index (κ3) is 7.03. The van der Waals surface area contributed by atoms with Gasteiger partial charge < -0.3 is 0 Å². The molecular formula is C23H20Cl3N3O3S. The number of halogens is 3. The van der Waals surface area contributed by atoms with Crippen molar-refractivity contribution in [2.24, 2.45) is 5.10 Å². The molecule has 0 fully saturated rings. The molecule has 33 heavy (non-hydrogen) atoms. The van der Waals surface area contributed by atoms with Crippen LogP contribution in [0.3, 0.4) is 0 Å². The van der Waals surface area contributed by atoms with E-state index in [1.807, 2.05) is 31.2 Å². The lowest BCUT2D eigenvalue weighted by Crippen LogP contribution is -2.39. The lowest BCUT2D eigenvalue weighted by atomic mass is 10.1. The Labute approximate surface area is 207 Å². The SMILES string of the molecule is Cc1ccc(CN(CC(=O)N/N=C\c2ccc(Cl)c(Cl)c2)S(=O)(=O)c2ccc(Cl)cc2)cc1. The second-order valence-electron chi connectivity index (χ2n) is 7.18. The first-order valence-electron chi connectivity index (χ1n) is 9.73. The van der Waals surface area contributed by atoms with Crippen LogP contribution >= 0.6 is 34.8 Å². The highest BCUT2D eigenvalue weighted by Gasteiger charge is 2.27. The summed E-state index contributed by atoms with van der Waals surface area (Å²) in [5.41, 5.74) is 4.75. The summed E-state index contributed by atoms with van der Waals surface area (Å²) in [4.78, 5) is 12.6. The molecule has 0 aliphatic carbocycles. The summed E-state index contributed by atoms with van der Waals surface area (Å²) < 4.78 is 27.6. The third-order valence-electron chi connectivity index (χ3n) is 4.60. The predicted octanol–water partition coefficient (Wildman–Crippen LogP) is 5.30. The lowest BCUT2D eigenvalue weighted by molar-refractivity contribution is -0.121. The standard InChI is InChI=1S/C23H20Cl3N3O3S/c1-16-2-4-17(5-3-16)14-29(33(31,32)20-9-7-19(24)8-10-20)15-23(30)28-27-13-18-6-11-21(25)22(26)12-18/h2-13H,14-15H2,1H3,(H,28,30)/b27-13-. The Balaban J connectivity index is 1.78. The molecule has 3 rings (SSSR count). The maximum absolute atomic E-state index is 13.3. The summed E-state index contributed by atoms with van der Waals surface area (Å²) in [6.45, 7) is 1.51. The van der Waals surface area contributed by atoms with Crippen LogP contribution in [-0.4, -0.2) is 31.4 Å². The van der Waals surface area contributed by atoms with E-state index >= 15 is 0 Å². The molecule has 0 spiro atoms. The van der Waals surface area contributed by atoms with Gasteiger partial charge in [0.15, 0.2) is 0 Å². The summed E-state index contributed by atoms with van der Waals surface area (Å²) in [5, 5.41) is 5.05. The van der Waals surface area contributed by atoms with Crippen molar-refractivity contribution in [1.82, 2.24) is 9.73 Å². The van der Waals surface area contributed by atoms with Crippen LogP contribution in [0.1, 0.15) is 16.7 Å². The van der Waals surface area contributed by atoms with E-state index in [1.54, 1.807) is 18.2 Å². The van der Waals surface area contributed by atoms with Gasteiger partial charge in [-0.3, -0.25) is 4.79 Å². The molecule has 3 aromatic carbocycles. The van der Waals surface area contributed by atoms with Crippen LogP contribution in [0, 0.1) is 6.92 Å². The summed E-state index contributed by atoms with van der Waals surface area (Å²) in [6.07, 6.45) is 1.39. The van der Waals surface area contributed by atoms with Crippen molar-refractivity contribution in [3.8, 4) is 0 Å². The van der Waals surface area contributed by atoms with Gasteiger partial charge in [0, 0.05) is 11.6 Å². The van der Waals surface area contributed by atoms with Crippen molar-refractivity contribution in [3.05, 3.63) is 98.5 Å². The summed E-state index contributed by atoms with van der Waals surface area (Å²) >= 11 is 17.7. The Kier molecular flexibility index (Phi) is 8.51. The summed E-state index contributed by atoms with van der Waals surface area (Å²) in [5.74, 6) is -0.601. The number of hydrogen-bond donors (Lipinski definition) is 1. The maximum atomic E-state index is 13.3. The van der Waals surface area contributed by atoms with E-state index in [1.165, 1.54) is 30.5 Å². The summed E-state index contributed by atoms with van der Waals surface area (Å²) in [6, 6.07) is 18.1. The van der Waals surface area contributed by atoms with Crippen LogP contribution in [0.4, 0.5) is 0 Å². The van der Waals surface area contributed by atoms with Gasteiger partial charge in [0.1, 0.15) is 0 Å². The minimum absolute atomic E-state index is 0.00909.